The molecule has 1 aromatic carbocycles. The van der Waals surface area contributed by atoms with Crippen molar-refractivity contribution in [2.24, 2.45) is 0 Å². The molecule has 1 aliphatic rings. The normalized spacial score (nSPS) is 15.0. The fourth-order valence-electron chi connectivity index (χ4n) is 3.50. The molecule has 0 saturated heterocycles. The van der Waals surface area contributed by atoms with Gasteiger partial charge in [0.1, 0.15) is 11.4 Å². The van der Waals surface area contributed by atoms with Gasteiger partial charge in [0.05, 0.1) is 33.9 Å². The fourth-order valence-corrected chi connectivity index (χ4v) is 3.75. The van der Waals surface area contributed by atoms with Gasteiger partial charge in [-0.2, -0.15) is 0 Å². The van der Waals surface area contributed by atoms with Crippen LogP contribution in [0.25, 0.3) is 16.6 Å². The first-order chi connectivity index (χ1) is 14.6. The molecule has 4 rings (SSSR count). The molecular weight excluding hydrogens is 416 g/mol. The van der Waals surface area contributed by atoms with Crippen LogP contribution in [-0.2, 0) is 4.74 Å². The number of ether oxygens (including phenoxy) is 1. The lowest BCUT2D eigenvalue weighted by Crippen LogP contribution is -2.37. The lowest BCUT2D eigenvalue weighted by molar-refractivity contribution is 0.0505. The molecule has 1 unspecified atom stereocenters. The minimum absolute atomic E-state index is 0.307. The zero-order chi connectivity index (χ0) is 22.3. The Morgan fingerprint density at radius 2 is 2.03 bits per heavy atom. The summed E-state index contributed by atoms with van der Waals surface area (Å²) in [4.78, 5) is 35.0. The Morgan fingerprint density at radius 3 is 2.71 bits per heavy atom. The molecule has 7 nitrogen and oxygen atoms in total. The van der Waals surface area contributed by atoms with Gasteiger partial charge in [-0.05, 0) is 70.2 Å². The van der Waals surface area contributed by atoms with E-state index in [1.54, 1.807) is 52.1 Å². The molecule has 31 heavy (non-hydrogen) atoms. The van der Waals surface area contributed by atoms with E-state index in [0.717, 1.165) is 18.4 Å². The quantitative estimate of drug-likeness (QED) is 0.623. The molecular formula is C23H25ClN4O3. The molecule has 1 amide bonds. The van der Waals surface area contributed by atoms with Crippen LogP contribution in [0.1, 0.15) is 63.9 Å². The summed E-state index contributed by atoms with van der Waals surface area (Å²) < 4.78 is 6.85. The van der Waals surface area contributed by atoms with Gasteiger partial charge < -0.3 is 10.1 Å². The van der Waals surface area contributed by atoms with E-state index in [2.05, 4.69) is 10.3 Å². The van der Waals surface area contributed by atoms with Crippen molar-refractivity contribution in [3.8, 4) is 5.69 Å². The van der Waals surface area contributed by atoms with Crippen molar-refractivity contribution < 1.29 is 9.53 Å². The maximum atomic E-state index is 13.6. The second kappa shape index (κ2) is 7.96. The maximum absolute atomic E-state index is 13.6. The van der Waals surface area contributed by atoms with E-state index in [4.69, 9.17) is 21.3 Å². The number of hydrogen-bond donors (Lipinski definition) is 1. The third-order valence-corrected chi connectivity index (χ3v) is 5.36. The second-order valence-corrected chi connectivity index (χ2v) is 9.27. The first-order valence-electron chi connectivity index (χ1n) is 10.3. The predicted molar refractivity (Wildman–Crippen MR) is 120 cm³/mol. The first kappa shape index (κ1) is 21.3. The van der Waals surface area contributed by atoms with E-state index in [9.17, 15) is 9.59 Å². The zero-order valence-electron chi connectivity index (χ0n) is 18.0. The van der Waals surface area contributed by atoms with Crippen molar-refractivity contribution in [3.63, 3.8) is 0 Å². The summed E-state index contributed by atoms with van der Waals surface area (Å²) in [6.07, 6.45) is 5.10. The number of aromatic nitrogens is 3. The van der Waals surface area contributed by atoms with Crippen molar-refractivity contribution >= 4 is 28.6 Å². The van der Waals surface area contributed by atoms with Crippen LogP contribution in [0.15, 0.2) is 41.5 Å². The standard InChI is InChI=1S/C23H25ClN4O3/c1-13(26-22(30)31-23(2,3)4)20-27-18-7-5-6-17(24)19(18)21(29)28(20)16-10-15(11-25-12-16)14-8-9-14/h5-7,10-14H,8-9H2,1-4H3,(H,26,30). The van der Waals surface area contributed by atoms with Gasteiger partial charge in [0, 0.05) is 6.20 Å². The van der Waals surface area contributed by atoms with Crippen molar-refractivity contribution in [1.29, 1.82) is 0 Å². The van der Waals surface area contributed by atoms with Crippen molar-refractivity contribution in [3.05, 3.63) is 63.4 Å². The summed E-state index contributed by atoms with van der Waals surface area (Å²) in [5, 5.41) is 3.44. The lowest BCUT2D eigenvalue weighted by Gasteiger charge is -2.23. The second-order valence-electron chi connectivity index (χ2n) is 8.86. The minimum atomic E-state index is -0.643. The molecule has 162 valence electrons. The summed E-state index contributed by atoms with van der Waals surface area (Å²) in [5.41, 5.74) is 1.20. The molecule has 1 atom stereocenters. The van der Waals surface area contributed by atoms with Crippen LogP contribution in [0, 0.1) is 0 Å². The number of carbonyl (C=O) groups excluding carboxylic acids is 1. The van der Waals surface area contributed by atoms with E-state index in [1.165, 1.54) is 4.57 Å². The van der Waals surface area contributed by atoms with Gasteiger partial charge in [0.2, 0.25) is 0 Å². The van der Waals surface area contributed by atoms with E-state index in [-0.39, 0.29) is 5.56 Å². The van der Waals surface area contributed by atoms with Gasteiger partial charge in [-0.3, -0.25) is 14.3 Å². The Labute approximate surface area is 185 Å². The summed E-state index contributed by atoms with van der Waals surface area (Å²) in [6.45, 7) is 7.13. The van der Waals surface area contributed by atoms with Crippen LogP contribution < -0.4 is 10.9 Å². The van der Waals surface area contributed by atoms with Crippen LogP contribution in [-0.4, -0.2) is 26.2 Å². The summed E-state index contributed by atoms with van der Waals surface area (Å²) in [5.74, 6) is 0.848. The van der Waals surface area contributed by atoms with Crippen molar-refractivity contribution in [2.45, 2.75) is 58.1 Å². The third-order valence-electron chi connectivity index (χ3n) is 5.05. The smallest absolute Gasteiger partial charge is 0.408 e. The number of benzene rings is 1. The molecule has 2 aromatic heterocycles. The monoisotopic (exact) mass is 440 g/mol. The number of pyridine rings is 1. The number of rotatable bonds is 4. The van der Waals surface area contributed by atoms with Crippen LogP contribution in [0.4, 0.5) is 4.79 Å². The zero-order valence-corrected chi connectivity index (χ0v) is 18.7. The predicted octanol–water partition coefficient (Wildman–Crippen LogP) is 4.90. The lowest BCUT2D eigenvalue weighted by atomic mass is 10.1. The maximum Gasteiger partial charge on any atom is 0.408 e. The molecule has 0 aliphatic heterocycles. The molecule has 8 heteroatoms. The van der Waals surface area contributed by atoms with Crippen molar-refractivity contribution in [2.75, 3.05) is 0 Å². The van der Waals surface area contributed by atoms with Gasteiger partial charge >= 0.3 is 6.09 Å². The number of nitrogens with zero attached hydrogens (tertiary/aromatic N) is 3. The number of nitrogens with one attached hydrogen (secondary N) is 1. The largest absolute Gasteiger partial charge is 0.444 e. The van der Waals surface area contributed by atoms with Crippen LogP contribution in [0.3, 0.4) is 0 Å². The minimum Gasteiger partial charge on any atom is -0.444 e. The van der Waals surface area contributed by atoms with Crippen molar-refractivity contribution in [1.82, 2.24) is 19.9 Å². The molecule has 1 saturated carbocycles. The Balaban J connectivity index is 1.85. The van der Waals surface area contributed by atoms with Gasteiger partial charge in [-0.1, -0.05) is 17.7 Å². The van der Waals surface area contributed by atoms with E-state index in [1.807, 2.05) is 12.3 Å². The highest BCUT2D eigenvalue weighted by molar-refractivity contribution is 6.35. The fraction of sp³-hybridized carbons (Fsp3) is 0.391. The molecule has 2 heterocycles. The molecule has 0 bridgehead atoms. The molecule has 3 aromatic rings. The molecule has 1 fully saturated rings. The van der Waals surface area contributed by atoms with E-state index in [0.29, 0.717) is 33.4 Å². The van der Waals surface area contributed by atoms with Crippen LogP contribution in [0.2, 0.25) is 5.02 Å². The molecule has 0 radical (unpaired) electrons. The number of halogens is 1. The summed E-state index contributed by atoms with van der Waals surface area (Å²) in [6, 6.07) is 6.50. The third kappa shape index (κ3) is 4.56. The average molecular weight is 441 g/mol. The SMILES string of the molecule is CC(NC(=O)OC(C)(C)C)c1nc2cccc(Cl)c2c(=O)n1-c1cncc(C2CC2)c1. The molecule has 1 aliphatic carbocycles. The topological polar surface area (TPSA) is 86.1 Å². The summed E-state index contributed by atoms with van der Waals surface area (Å²) >= 11 is 6.34. The number of hydrogen-bond acceptors (Lipinski definition) is 5. The highest BCUT2D eigenvalue weighted by Gasteiger charge is 2.26. The van der Waals surface area contributed by atoms with Gasteiger partial charge in [0.15, 0.2) is 0 Å². The Morgan fingerprint density at radius 1 is 1.29 bits per heavy atom. The number of alkyl carbamates (subject to hydrolysis) is 1. The van der Waals surface area contributed by atoms with Gasteiger partial charge in [-0.15, -0.1) is 0 Å². The van der Waals surface area contributed by atoms with Crippen LogP contribution >= 0.6 is 11.6 Å². The number of carbonyl (C=O) groups is 1. The Bertz CT molecular complexity index is 1210. The Kier molecular flexibility index (Phi) is 5.47. The molecule has 1 N–H and O–H groups in total. The van der Waals surface area contributed by atoms with Gasteiger partial charge in [-0.25, -0.2) is 9.78 Å². The Hall–Kier alpha value is -2.93. The van der Waals surface area contributed by atoms with Crippen LogP contribution in [0.5, 0.6) is 0 Å². The van der Waals surface area contributed by atoms with E-state index >= 15 is 0 Å². The highest BCUT2D eigenvalue weighted by atomic mass is 35.5. The summed E-state index contributed by atoms with van der Waals surface area (Å²) in [7, 11) is 0. The van der Waals surface area contributed by atoms with E-state index < -0.39 is 17.7 Å². The van der Waals surface area contributed by atoms with Gasteiger partial charge in [0.25, 0.3) is 5.56 Å². The molecule has 0 spiro atoms. The highest BCUT2D eigenvalue weighted by Crippen LogP contribution is 2.40. The number of fused-ring (bicyclic) bond motifs is 1. The average Bonchev–Trinajstić information content (AvgIpc) is 3.51. The first-order valence-corrected chi connectivity index (χ1v) is 10.7. The number of amides is 1.